The molecule has 2 rings (SSSR count). The molecule has 3 unspecified atom stereocenters. The first-order chi connectivity index (χ1) is 9.65. The van der Waals surface area contributed by atoms with Crippen molar-refractivity contribution >= 4 is 12.1 Å². The number of urea groups is 2. The fourth-order valence-electron chi connectivity index (χ4n) is 3.39. The molecule has 2 aliphatic rings. The number of imide groups is 1. The van der Waals surface area contributed by atoms with Gasteiger partial charge >= 0.3 is 12.1 Å². The Bertz CT molecular complexity index is 449. The number of rotatable bonds is 2. The van der Waals surface area contributed by atoms with Gasteiger partial charge < -0.3 is 0 Å². The van der Waals surface area contributed by atoms with Gasteiger partial charge in [-0.2, -0.15) is 14.8 Å². The minimum absolute atomic E-state index is 0.246. The minimum atomic E-state index is -1.58. The molecule has 0 bridgehead atoms. The first-order valence-electron chi connectivity index (χ1n) is 7.09. The van der Waals surface area contributed by atoms with Crippen LogP contribution in [0.5, 0.6) is 0 Å². The van der Waals surface area contributed by atoms with Gasteiger partial charge in [0.1, 0.15) is 13.1 Å². The Hall–Kier alpha value is -1.10. The van der Waals surface area contributed by atoms with Crippen LogP contribution in [0.2, 0.25) is 0 Å². The average molecular weight is 304 g/mol. The second-order valence-electron chi connectivity index (χ2n) is 6.22. The molecule has 3 N–H and O–H groups in total. The molecule has 1 aliphatic carbocycles. The Morgan fingerprint density at radius 3 is 2.14 bits per heavy atom. The van der Waals surface area contributed by atoms with E-state index in [1.165, 1.54) is 19.0 Å². The van der Waals surface area contributed by atoms with Crippen LogP contribution in [0.4, 0.5) is 9.59 Å². The number of nitrogens with zero attached hydrogens (tertiary/aromatic N) is 4. The standard InChI is InChI=1S/C12H24N4O5/c1-13(2)10-14(19)11(17)16(21,12(18)15(10,3)20)9-7-5-4-6-8-9/h9-10,19-21H,4-8H2,1-3H3/q+2. The molecule has 0 aromatic rings. The van der Waals surface area contributed by atoms with Crippen molar-refractivity contribution in [2.75, 3.05) is 21.1 Å². The fourth-order valence-corrected chi connectivity index (χ4v) is 3.39. The lowest BCUT2D eigenvalue weighted by Gasteiger charge is -2.46. The molecular formula is C12H24N4O5+2. The number of carbonyl (C=O) groups is 2. The molecule has 0 spiro atoms. The molecule has 2 fully saturated rings. The quantitative estimate of drug-likeness (QED) is 0.522. The van der Waals surface area contributed by atoms with E-state index in [1.54, 1.807) is 0 Å². The van der Waals surface area contributed by atoms with Gasteiger partial charge in [-0.15, -0.1) is 0 Å². The Balaban J connectivity index is 2.44. The Morgan fingerprint density at radius 2 is 1.67 bits per heavy atom. The first-order valence-corrected chi connectivity index (χ1v) is 7.09. The normalized spacial score (nSPS) is 39.2. The maximum atomic E-state index is 12.6. The van der Waals surface area contributed by atoms with Crippen LogP contribution >= 0.6 is 0 Å². The van der Waals surface area contributed by atoms with Gasteiger partial charge in [-0.1, -0.05) is 11.5 Å². The number of hydrogen-bond donors (Lipinski definition) is 3. The number of hydroxylamine groups is 8. The second-order valence-corrected chi connectivity index (χ2v) is 6.22. The zero-order valence-corrected chi connectivity index (χ0v) is 12.6. The third kappa shape index (κ3) is 2.26. The van der Waals surface area contributed by atoms with E-state index in [0.29, 0.717) is 12.8 Å². The van der Waals surface area contributed by atoms with Crippen molar-refractivity contribution in [3.05, 3.63) is 0 Å². The molecular weight excluding hydrogens is 280 g/mol. The lowest BCUT2D eigenvalue weighted by Crippen LogP contribution is -2.82. The third-order valence-electron chi connectivity index (χ3n) is 4.40. The summed E-state index contributed by atoms with van der Waals surface area (Å²) in [6, 6.07) is -2.80. The second kappa shape index (κ2) is 5.27. The van der Waals surface area contributed by atoms with E-state index in [0.717, 1.165) is 26.3 Å². The van der Waals surface area contributed by atoms with Gasteiger partial charge in [-0.25, -0.2) is 10.1 Å². The summed E-state index contributed by atoms with van der Waals surface area (Å²) in [5.41, 5.74) is 0. The van der Waals surface area contributed by atoms with Crippen molar-refractivity contribution in [3.63, 3.8) is 0 Å². The largest absolute Gasteiger partial charge is 0.592 e. The van der Waals surface area contributed by atoms with Crippen LogP contribution in [-0.4, -0.2) is 80.4 Å². The zero-order valence-electron chi connectivity index (χ0n) is 12.6. The van der Waals surface area contributed by atoms with Crippen LogP contribution in [0, 0.1) is 0 Å². The highest BCUT2D eigenvalue weighted by atomic mass is 16.7. The smallest absolute Gasteiger partial charge is 0.275 e. The first kappa shape index (κ1) is 16.3. The van der Waals surface area contributed by atoms with Crippen molar-refractivity contribution in [3.8, 4) is 0 Å². The highest BCUT2D eigenvalue weighted by Gasteiger charge is 2.72. The Labute approximate surface area is 123 Å². The summed E-state index contributed by atoms with van der Waals surface area (Å²) in [6.45, 7) is 0. The zero-order chi connectivity index (χ0) is 16.0. The number of hydrogen-bond acceptors (Lipinski definition) is 6. The van der Waals surface area contributed by atoms with Crippen LogP contribution in [0.25, 0.3) is 0 Å². The summed E-state index contributed by atoms with van der Waals surface area (Å²) in [6.07, 6.45) is 2.26. The van der Waals surface area contributed by atoms with Crippen LogP contribution in [0.1, 0.15) is 32.1 Å². The molecule has 120 valence electrons. The Morgan fingerprint density at radius 1 is 1.14 bits per heavy atom. The van der Waals surface area contributed by atoms with Gasteiger partial charge in [-0.3, -0.25) is 5.21 Å². The topological polar surface area (TPSA) is 101 Å². The molecule has 9 heteroatoms. The molecule has 1 saturated carbocycles. The summed E-state index contributed by atoms with van der Waals surface area (Å²) in [4.78, 5) is 26.3. The Kier molecular flexibility index (Phi) is 4.08. The molecule has 1 aliphatic heterocycles. The number of amides is 4. The summed E-state index contributed by atoms with van der Waals surface area (Å²) in [7, 11) is 4.17. The van der Waals surface area contributed by atoms with Crippen molar-refractivity contribution in [2.24, 2.45) is 0 Å². The third-order valence-corrected chi connectivity index (χ3v) is 4.40. The summed E-state index contributed by atoms with van der Waals surface area (Å²) >= 11 is 0. The van der Waals surface area contributed by atoms with Crippen LogP contribution < -0.4 is 0 Å². The molecule has 1 heterocycles. The number of quaternary nitrogens is 2. The molecule has 1 saturated heterocycles. The van der Waals surface area contributed by atoms with Crippen LogP contribution in [0.15, 0.2) is 0 Å². The highest BCUT2D eigenvalue weighted by molar-refractivity contribution is 5.80. The molecule has 0 aromatic carbocycles. The van der Waals surface area contributed by atoms with E-state index in [2.05, 4.69) is 0 Å². The highest BCUT2D eigenvalue weighted by Crippen LogP contribution is 2.35. The molecule has 0 aromatic heterocycles. The van der Waals surface area contributed by atoms with Crippen molar-refractivity contribution < 1.29 is 34.5 Å². The van der Waals surface area contributed by atoms with E-state index in [1.807, 2.05) is 0 Å². The van der Waals surface area contributed by atoms with Gasteiger partial charge in [0.2, 0.25) is 0 Å². The maximum Gasteiger partial charge on any atom is 0.592 e. The summed E-state index contributed by atoms with van der Waals surface area (Å²) in [5.74, 6) is 0. The SMILES string of the molecule is CN(C)C1N(O)C(=O)[N+](O)(C2CCCCC2)C(=O)[N+]1(C)O. The van der Waals surface area contributed by atoms with Gasteiger partial charge in [-0.05, 0) is 31.6 Å². The lowest BCUT2D eigenvalue weighted by molar-refractivity contribution is -1.15. The fraction of sp³-hybridized carbons (Fsp3) is 0.833. The average Bonchev–Trinajstić information content (AvgIpc) is 2.43. The summed E-state index contributed by atoms with van der Waals surface area (Å²) in [5, 5.41) is 31.4. The van der Waals surface area contributed by atoms with E-state index in [9.17, 15) is 25.2 Å². The summed E-state index contributed by atoms with van der Waals surface area (Å²) < 4.78 is -2.89. The molecule has 9 nitrogen and oxygen atoms in total. The van der Waals surface area contributed by atoms with Crippen molar-refractivity contribution in [2.45, 2.75) is 44.4 Å². The molecule has 21 heavy (non-hydrogen) atoms. The van der Waals surface area contributed by atoms with E-state index in [-0.39, 0.29) is 5.06 Å². The molecule has 4 amide bonds. The van der Waals surface area contributed by atoms with Gasteiger partial charge in [0.15, 0.2) is 0 Å². The molecule has 0 radical (unpaired) electrons. The van der Waals surface area contributed by atoms with E-state index < -0.39 is 33.7 Å². The minimum Gasteiger partial charge on any atom is -0.275 e. The molecule has 3 atom stereocenters. The van der Waals surface area contributed by atoms with Crippen LogP contribution in [-0.2, 0) is 0 Å². The van der Waals surface area contributed by atoms with Crippen LogP contribution in [0.3, 0.4) is 0 Å². The van der Waals surface area contributed by atoms with Gasteiger partial charge in [0, 0.05) is 17.5 Å². The van der Waals surface area contributed by atoms with Crippen molar-refractivity contribution in [1.29, 1.82) is 0 Å². The predicted octanol–water partition coefficient (Wildman–Crippen LogP) is 1.15. The monoisotopic (exact) mass is 304 g/mol. The lowest BCUT2D eigenvalue weighted by atomic mass is 9.94. The van der Waals surface area contributed by atoms with Gasteiger partial charge in [0.05, 0.1) is 0 Å². The van der Waals surface area contributed by atoms with Gasteiger partial charge in [0.25, 0.3) is 6.29 Å². The van der Waals surface area contributed by atoms with E-state index >= 15 is 0 Å². The predicted molar refractivity (Wildman–Crippen MR) is 68.8 cm³/mol. The van der Waals surface area contributed by atoms with Crippen molar-refractivity contribution in [1.82, 2.24) is 9.96 Å². The maximum absolute atomic E-state index is 12.6. The number of carbonyl (C=O) groups excluding carboxylic acids is 2. The van der Waals surface area contributed by atoms with E-state index in [4.69, 9.17) is 0 Å².